The molecule has 1 atom stereocenters. The summed E-state index contributed by atoms with van der Waals surface area (Å²) in [6.07, 6.45) is -4.08. The van der Waals surface area contributed by atoms with Crippen LogP contribution in [0.3, 0.4) is 0 Å². The van der Waals surface area contributed by atoms with Crippen molar-refractivity contribution in [2.75, 3.05) is 13.7 Å². The average Bonchev–Trinajstić information content (AvgIpc) is 3.14. The van der Waals surface area contributed by atoms with E-state index in [2.05, 4.69) is 9.72 Å². The summed E-state index contributed by atoms with van der Waals surface area (Å²) in [5.74, 6) is -0.815. The van der Waals surface area contributed by atoms with Gasteiger partial charge in [-0.2, -0.15) is 13.2 Å². The molecule has 2 heterocycles. The number of ether oxygens (including phenoxy) is 1. The molecule has 4 rings (SSSR count). The van der Waals surface area contributed by atoms with E-state index in [9.17, 15) is 22.8 Å². The molecule has 1 unspecified atom stereocenters. The summed E-state index contributed by atoms with van der Waals surface area (Å²) in [5.41, 5.74) is 2.17. The molecule has 0 spiro atoms. The van der Waals surface area contributed by atoms with Crippen LogP contribution in [0, 0.1) is 0 Å². The molecule has 0 aliphatic carbocycles. The van der Waals surface area contributed by atoms with E-state index >= 15 is 0 Å². The number of halogens is 3. The fourth-order valence-electron chi connectivity index (χ4n) is 4.20. The number of H-pyrrole nitrogens is 1. The number of esters is 1. The van der Waals surface area contributed by atoms with E-state index in [0.29, 0.717) is 24.2 Å². The lowest BCUT2D eigenvalue weighted by Gasteiger charge is -2.36. The molecule has 0 bridgehead atoms. The van der Waals surface area contributed by atoms with E-state index in [1.165, 1.54) is 13.2 Å². The summed E-state index contributed by atoms with van der Waals surface area (Å²) >= 11 is 0. The van der Waals surface area contributed by atoms with Gasteiger partial charge < -0.3 is 14.6 Å². The van der Waals surface area contributed by atoms with Gasteiger partial charge in [-0.15, -0.1) is 0 Å². The van der Waals surface area contributed by atoms with Crippen molar-refractivity contribution in [2.45, 2.75) is 31.5 Å². The molecule has 0 saturated heterocycles. The van der Waals surface area contributed by atoms with Crippen molar-refractivity contribution < 1.29 is 27.5 Å². The van der Waals surface area contributed by atoms with Gasteiger partial charge in [0.15, 0.2) is 0 Å². The van der Waals surface area contributed by atoms with Gasteiger partial charge in [0.05, 0.1) is 25.1 Å². The van der Waals surface area contributed by atoms with Crippen LogP contribution in [0.4, 0.5) is 13.2 Å². The van der Waals surface area contributed by atoms with Crippen LogP contribution >= 0.6 is 0 Å². The maximum atomic E-state index is 13.4. The van der Waals surface area contributed by atoms with E-state index in [4.69, 9.17) is 0 Å². The minimum atomic E-state index is -4.49. The number of methoxy groups -OCH3 is 1. The van der Waals surface area contributed by atoms with Crippen LogP contribution < -0.4 is 0 Å². The van der Waals surface area contributed by atoms with Gasteiger partial charge in [0.2, 0.25) is 5.91 Å². The van der Waals surface area contributed by atoms with Crippen molar-refractivity contribution in [2.24, 2.45) is 0 Å². The first-order chi connectivity index (χ1) is 14.8. The van der Waals surface area contributed by atoms with Crippen LogP contribution in [0.5, 0.6) is 0 Å². The molecule has 1 aliphatic heterocycles. The second kappa shape index (κ2) is 8.09. The largest absolute Gasteiger partial charge is 0.469 e. The predicted molar refractivity (Wildman–Crippen MR) is 108 cm³/mol. The lowest BCUT2D eigenvalue weighted by molar-refractivity contribution is -0.144. The Labute approximate surface area is 176 Å². The molecule has 3 aromatic rings. The van der Waals surface area contributed by atoms with Gasteiger partial charge in [-0.3, -0.25) is 9.59 Å². The molecule has 31 heavy (non-hydrogen) atoms. The van der Waals surface area contributed by atoms with Crippen LogP contribution in [0.2, 0.25) is 0 Å². The van der Waals surface area contributed by atoms with Gasteiger partial charge >= 0.3 is 12.1 Å². The Kier molecular flexibility index (Phi) is 5.47. The number of aromatic nitrogens is 1. The molecule has 8 heteroatoms. The highest BCUT2D eigenvalue weighted by Crippen LogP contribution is 2.40. The molecular weight excluding hydrogens is 409 g/mol. The highest BCUT2D eigenvalue weighted by atomic mass is 19.4. The molecule has 0 fully saturated rings. The maximum Gasteiger partial charge on any atom is 0.416 e. The number of amides is 1. The first-order valence-electron chi connectivity index (χ1n) is 9.92. The van der Waals surface area contributed by atoms with Crippen LogP contribution in [0.25, 0.3) is 10.9 Å². The minimum absolute atomic E-state index is 0.0717. The number of hydrogen-bond acceptors (Lipinski definition) is 3. The lowest BCUT2D eigenvalue weighted by atomic mass is 9.91. The summed E-state index contributed by atoms with van der Waals surface area (Å²) in [6.45, 7) is 0.343. The van der Waals surface area contributed by atoms with Crippen molar-refractivity contribution in [3.05, 3.63) is 70.9 Å². The van der Waals surface area contributed by atoms with E-state index in [1.807, 2.05) is 24.3 Å². The number of benzene rings is 2. The van der Waals surface area contributed by atoms with Gasteiger partial charge in [0.25, 0.3) is 0 Å². The quantitative estimate of drug-likeness (QED) is 0.615. The number of rotatable bonds is 4. The number of hydrogen-bond donors (Lipinski definition) is 1. The van der Waals surface area contributed by atoms with Gasteiger partial charge in [-0.05, 0) is 35.7 Å². The summed E-state index contributed by atoms with van der Waals surface area (Å²) < 4.78 is 44.7. The molecular formula is C23H21F3N2O3. The molecule has 1 N–H and O–H groups in total. The maximum absolute atomic E-state index is 13.4. The van der Waals surface area contributed by atoms with Crippen LogP contribution in [0.15, 0.2) is 48.5 Å². The molecule has 1 amide bonds. The van der Waals surface area contributed by atoms with Gasteiger partial charge in [0, 0.05) is 29.6 Å². The number of fused-ring (bicyclic) bond motifs is 3. The Morgan fingerprint density at radius 3 is 2.65 bits per heavy atom. The molecule has 1 aliphatic rings. The molecule has 1 aromatic heterocycles. The highest BCUT2D eigenvalue weighted by molar-refractivity contribution is 5.87. The van der Waals surface area contributed by atoms with Crippen molar-refractivity contribution in [1.29, 1.82) is 0 Å². The Bertz CT molecular complexity index is 1140. The Hall–Kier alpha value is -3.29. The second-order valence-corrected chi connectivity index (χ2v) is 7.50. The third kappa shape index (κ3) is 4.02. The molecule has 5 nitrogen and oxygen atoms in total. The van der Waals surface area contributed by atoms with Gasteiger partial charge in [-0.25, -0.2) is 0 Å². The second-order valence-electron chi connectivity index (χ2n) is 7.50. The normalized spacial score (nSPS) is 16.3. The zero-order valence-electron chi connectivity index (χ0n) is 16.8. The number of para-hydroxylation sites is 1. The number of nitrogens with one attached hydrogen (secondary N) is 1. The molecule has 0 radical (unpaired) electrons. The predicted octanol–water partition coefficient (Wildman–Crippen LogP) is 4.61. The summed E-state index contributed by atoms with van der Waals surface area (Å²) in [6, 6.07) is 12.0. The molecule has 0 saturated carbocycles. The van der Waals surface area contributed by atoms with Crippen LogP contribution in [0.1, 0.15) is 41.3 Å². The number of alkyl halides is 3. The zero-order chi connectivity index (χ0) is 22.2. The average molecular weight is 430 g/mol. The fraction of sp³-hybridized carbons (Fsp3) is 0.304. The van der Waals surface area contributed by atoms with E-state index in [-0.39, 0.29) is 18.7 Å². The Morgan fingerprint density at radius 2 is 1.90 bits per heavy atom. The fourth-order valence-corrected chi connectivity index (χ4v) is 4.20. The van der Waals surface area contributed by atoms with E-state index < -0.39 is 23.8 Å². The number of aromatic amines is 1. The van der Waals surface area contributed by atoms with Gasteiger partial charge in [-0.1, -0.05) is 30.3 Å². The van der Waals surface area contributed by atoms with Crippen molar-refractivity contribution >= 4 is 22.8 Å². The SMILES string of the molecule is COC(=O)CCC(=O)N1CCc2c([nH]c3ccccc23)C1c1cccc(C(F)(F)F)c1. The number of carbonyl (C=O) groups excluding carboxylic acids is 2. The van der Waals surface area contributed by atoms with Crippen molar-refractivity contribution in [1.82, 2.24) is 9.88 Å². The Balaban J connectivity index is 1.79. The third-order valence-corrected chi connectivity index (χ3v) is 5.66. The van der Waals surface area contributed by atoms with Crippen molar-refractivity contribution in [3.8, 4) is 0 Å². The van der Waals surface area contributed by atoms with Crippen molar-refractivity contribution in [3.63, 3.8) is 0 Å². The van der Waals surface area contributed by atoms with Gasteiger partial charge in [0.1, 0.15) is 0 Å². The summed E-state index contributed by atoms with van der Waals surface area (Å²) in [4.78, 5) is 29.4. The number of carbonyl (C=O) groups is 2. The smallest absolute Gasteiger partial charge is 0.416 e. The molecule has 2 aromatic carbocycles. The third-order valence-electron chi connectivity index (χ3n) is 5.66. The molecule has 162 valence electrons. The monoisotopic (exact) mass is 430 g/mol. The highest BCUT2D eigenvalue weighted by Gasteiger charge is 2.36. The summed E-state index contributed by atoms with van der Waals surface area (Å²) in [5, 5.41) is 0.996. The van der Waals surface area contributed by atoms with E-state index in [0.717, 1.165) is 28.6 Å². The minimum Gasteiger partial charge on any atom is -0.469 e. The first kappa shape index (κ1) is 21.0. The summed E-state index contributed by atoms with van der Waals surface area (Å²) in [7, 11) is 1.25. The Morgan fingerprint density at radius 1 is 1.13 bits per heavy atom. The van der Waals surface area contributed by atoms with E-state index in [1.54, 1.807) is 11.0 Å². The first-order valence-corrected chi connectivity index (χ1v) is 9.92. The standard InChI is InChI=1S/C23H21F3N2O3/c1-31-20(30)10-9-19(29)28-12-11-17-16-7-2-3-8-18(16)27-21(17)22(28)14-5-4-6-15(13-14)23(24,25)26/h2-8,13,22,27H,9-12H2,1H3. The lowest BCUT2D eigenvalue weighted by Crippen LogP contribution is -2.40. The van der Waals surface area contributed by atoms with Crippen LogP contribution in [-0.4, -0.2) is 35.4 Å². The zero-order valence-corrected chi connectivity index (χ0v) is 16.8. The van der Waals surface area contributed by atoms with Crippen LogP contribution in [-0.2, 0) is 26.9 Å². The number of nitrogens with zero attached hydrogens (tertiary/aromatic N) is 1. The topological polar surface area (TPSA) is 62.4 Å².